The summed E-state index contributed by atoms with van der Waals surface area (Å²) in [5.41, 5.74) is 2.98. The molecular weight excluding hydrogens is 184 g/mol. The van der Waals surface area contributed by atoms with Gasteiger partial charge in [-0.2, -0.15) is 5.01 Å². The van der Waals surface area contributed by atoms with Gasteiger partial charge in [0, 0.05) is 6.54 Å². The second-order valence-electron chi connectivity index (χ2n) is 1.78. The standard InChI is InChI=1S/C5H8N2S3/c1-2-3-7-5(9)10-4(8)6-7/h2,5,9H,1,3H2,(H,6,8). The van der Waals surface area contributed by atoms with Gasteiger partial charge in [0.15, 0.2) is 4.32 Å². The van der Waals surface area contributed by atoms with Crippen LogP contribution in [0.5, 0.6) is 0 Å². The zero-order valence-electron chi connectivity index (χ0n) is 5.28. The second-order valence-corrected chi connectivity index (χ2v) is 4.38. The zero-order valence-corrected chi connectivity index (χ0v) is 7.81. The Bertz CT molecular complexity index is 159. The number of thiol groups is 1. The molecule has 0 bridgehead atoms. The monoisotopic (exact) mass is 192 g/mol. The smallest absolute Gasteiger partial charge is 0.150 e. The van der Waals surface area contributed by atoms with Crippen LogP contribution in [0, 0.1) is 0 Å². The predicted molar refractivity (Wildman–Crippen MR) is 53.0 cm³/mol. The summed E-state index contributed by atoms with van der Waals surface area (Å²) in [4.78, 5) is 0. The average molecular weight is 192 g/mol. The van der Waals surface area contributed by atoms with Crippen molar-refractivity contribution in [2.24, 2.45) is 0 Å². The molecule has 0 aromatic carbocycles. The predicted octanol–water partition coefficient (Wildman–Crippen LogP) is 1.22. The first kappa shape index (κ1) is 8.39. The maximum absolute atomic E-state index is 4.91. The van der Waals surface area contributed by atoms with Crippen molar-refractivity contribution < 1.29 is 0 Å². The third kappa shape index (κ3) is 1.88. The van der Waals surface area contributed by atoms with Crippen LogP contribution in [-0.4, -0.2) is 20.6 Å². The molecule has 10 heavy (non-hydrogen) atoms. The Morgan fingerprint density at radius 2 is 2.70 bits per heavy atom. The first-order valence-corrected chi connectivity index (χ1v) is 4.57. The number of nitrogens with zero attached hydrogens (tertiary/aromatic N) is 1. The normalized spacial score (nSPS) is 26.5. The summed E-state index contributed by atoms with van der Waals surface area (Å²) in [6, 6.07) is 0. The Kier molecular flexibility index (Phi) is 3.03. The molecule has 0 aromatic rings. The van der Waals surface area contributed by atoms with Gasteiger partial charge in [0.25, 0.3) is 0 Å². The summed E-state index contributed by atoms with van der Waals surface area (Å²) in [6.07, 6.45) is 1.81. The van der Waals surface area contributed by atoms with Crippen LogP contribution in [0.15, 0.2) is 12.7 Å². The Balaban J connectivity index is 2.45. The van der Waals surface area contributed by atoms with Crippen LogP contribution in [0.2, 0.25) is 0 Å². The topological polar surface area (TPSA) is 15.3 Å². The zero-order chi connectivity index (χ0) is 7.56. The highest BCUT2D eigenvalue weighted by Crippen LogP contribution is 2.24. The van der Waals surface area contributed by atoms with Gasteiger partial charge in [0.1, 0.15) is 4.71 Å². The minimum absolute atomic E-state index is 0.130. The maximum Gasteiger partial charge on any atom is 0.150 e. The van der Waals surface area contributed by atoms with Gasteiger partial charge in [-0.05, 0) is 0 Å². The molecule has 1 atom stereocenters. The van der Waals surface area contributed by atoms with Gasteiger partial charge < -0.3 is 5.43 Å². The molecule has 0 aromatic heterocycles. The fourth-order valence-electron chi connectivity index (χ4n) is 0.633. The highest BCUT2D eigenvalue weighted by atomic mass is 32.2. The highest BCUT2D eigenvalue weighted by Gasteiger charge is 2.23. The van der Waals surface area contributed by atoms with E-state index in [1.807, 2.05) is 11.1 Å². The molecule has 2 nitrogen and oxygen atoms in total. The molecule has 0 spiro atoms. The van der Waals surface area contributed by atoms with Crippen LogP contribution in [0.3, 0.4) is 0 Å². The Labute approximate surface area is 75.4 Å². The van der Waals surface area contributed by atoms with Crippen LogP contribution < -0.4 is 5.43 Å². The second kappa shape index (κ2) is 3.61. The van der Waals surface area contributed by atoms with Crippen molar-refractivity contribution >= 4 is 40.9 Å². The molecule has 1 fully saturated rings. The lowest BCUT2D eigenvalue weighted by Crippen LogP contribution is -2.35. The lowest BCUT2D eigenvalue weighted by Gasteiger charge is -2.15. The van der Waals surface area contributed by atoms with Gasteiger partial charge in [0.2, 0.25) is 0 Å². The third-order valence-corrected chi connectivity index (χ3v) is 2.79. The van der Waals surface area contributed by atoms with Crippen molar-refractivity contribution in [3.8, 4) is 0 Å². The highest BCUT2D eigenvalue weighted by molar-refractivity contribution is 8.28. The minimum atomic E-state index is 0.130. The van der Waals surface area contributed by atoms with Crippen molar-refractivity contribution in [2.75, 3.05) is 6.54 Å². The van der Waals surface area contributed by atoms with E-state index in [1.54, 1.807) is 0 Å². The van der Waals surface area contributed by atoms with E-state index in [2.05, 4.69) is 24.6 Å². The first-order valence-electron chi connectivity index (χ1n) is 2.77. The van der Waals surface area contributed by atoms with Gasteiger partial charge in [0.05, 0.1) is 0 Å². The Morgan fingerprint density at radius 1 is 2.00 bits per heavy atom. The number of rotatable bonds is 2. The van der Waals surface area contributed by atoms with Crippen molar-refractivity contribution in [2.45, 2.75) is 4.71 Å². The number of hydrogen-bond donors (Lipinski definition) is 2. The average Bonchev–Trinajstić information content (AvgIpc) is 2.13. The van der Waals surface area contributed by atoms with E-state index in [-0.39, 0.29) is 4.71 Å². The van der Waals surface area contributed by atoms with Crippen LogP contribution in [0.25, 0.3) is 0 Å². The molecule has 0 aliphatic carbocycles. The molecule has 1 unspecified atom stereocenters. The van der Waals surface area contributed by atoms with E-state index >= 15 is 0 Å². The molecule has 1 aliphatic rings. The molecule has 1 N–H and O–H groups in total. The SMILES string of the molecule is C=CCN1NC(=S)SC1S. The Hall–Kier alpha value is 0.290. The molecule has 56 valence electrons. The number of thioether (sulfide) groups is 1. The molecule has 0 amide bonds. The third-order valence-electron chi connectivity index (χ3n) is 1.04. The van der Waals surface area contributed by atoms with E-state index < -0.39 is 0 Å². The lowest BCUT2D eigenvalue weighted by atomic mass is 10.6. The summed E-state index contributed by atoms with van der Waals surface area (Å²) >= 11 is 10.7. The van der Waals surface area contributed by atoms with E-state index in [9.17, 15) is 0 Å². The number of thiocarbonyl (C=S) groups is 1. The lowest BCUT2D eigenvalue weighted by molar-refractivity contribution is 0.309. The summed E-state index contributed by atoms with van der Waals surface area (Å²) in [7, 11) is 0. The molecule has 1 aliphatic heterocycles. The van der Waals surface area contributed by atoms with Crippen LogP contribution in [0.4, 0.5) is 0 Å². The molecule has 1 saturated heterocycles. The van der Waals surface area contributed by atoms with E-state index in [4.69, 9.17) is 12.2 Å². The van der Waals surface area contributed by atoms with Crippen LogP contribution in [0.1, 0.15) is 0 Å². The Morgan fingerprint density at radius 3 is 3.10 bits per heavy atom. The van der Waals surface area contributed by atoms with Crippen molar-refractivity contribution in [1.29, 1.82) is 0 Å². The summed E-state index contributed by atoms with van der Waals surface area (Å²) in [5.74, 6) is 0. The summed E-state index contributed by atoms with van der Waals surface area (Å²) in [6.45, 7) is 4.38. The van der Waals surface area contributed by atoms with Gasteiger partial charge >= 0.3 is 0 Å². The van der Waals surface area contributed by atoms with Crippen molar-refractivity contribution in [1.82, 2.24) is 10.4 Å². The van der Waals surface area contributed by atoms with E-state index in [0.717, 1.165) is 10.9 Å². The minimum Gasteiger partial charge on any atom is -0.302 e. The van der Waals surface area contributed by atoms with Crippen molar-refractivity contribution in [3.05, 3.63) is 12.7 Å². The fraction of sp³-hybridized carbons (Fsp3) is 0.400. The fourth-order valence-corrected chi connectivity index (χ4v) is 2.33. The molecule has 0 radical (unpaired) electrons. The summed E-state index contributed by atoms with van der Waals surface area (Å²) < 4.78 is 0.910. The molecule has 1 rings (SSSR count). The van der Waals surface area contributed by atoms with Gasteiger partial charge in [-0.15, -0.1) is 19.2 Å². The van der Waals surface area contributed by atoms with Gasteiger partial charge in [-0.25, -0.2) is 0 Å². The number of nitrogens with one attached hydrogen (secondary N) is 1. The van der Waals surface area contributed by atoms with Crippen molar-refractivity contribution in [3.63, 3.8) is 0 Å². The van der Waals surface area contributed by atoms with Gasteiger partial charge in [-0.3, -0.25) is 0 Å². The van der Waals surface area contributed by atoms with Gasteiger partial charge in [-0.1, -0.05) is 30.1 Å². The number of hydrogen-bond acceptors (Lipinski definition) is 4. The first-order chi connectivity index (χ1) is 4.74. The quantitative estimate of drug-likeness (QED) is 0.388. The molecular formula is C5H8N2S3. The van der Waals surface area contributed by atoms with E-state index in [0.29, 0.717) is 0 Å². The van der Waals surface area contributed by atoms with E-state index in [1.165, 1.54) is 11.8 Å². The number of hydrazine groups is 1. The maximum atomic E-state index is 4.91. The molecule has 1 heterocycles. The summed E-state index contributed by atoms with van der Waals surface area (Å²) in [5, 5.41) is 1.92. The molecule has 5 heteroatoms. The van der Waals surface area contributed by atoms with Crippen LogP contribution >= 0.6 is 36.6 Å². The van der Waals surface area contributed by atoms with Crippen LogP contribution in [-0.2, 0) is 0 Å². The largest absolute Gasteiger partial charge is 0.302 e. The molecule has 0 saturated carbocycles.